The van der Waals surface area contributed by atoms with Gasteiger partial charge in [0.25, 0.3) is 0 Å². The maximum absolute atomic E-state index is 10.5. The van der Waals surface area contributed by atoms with Crippen molar-refractivity contribution in [1.29, 1.82) is 0 Å². The third-order valence-corrected chi connectivity index (χ3v) is 8.65. The summed E-state index contributed by atoms with van der Waals surface area (Å²) in [5, 5.41) is 8.83. The van der Waals surface area contributed by atoms with Gasteiger partial charge < -0.3 is 5.11 Å². The van der Waals surface area contributed by atoms with Crippen LogP contribution in [0.3, 0.4) is 0 Å². The quantitative estimate of drug-likeness (QED) is 0.639. The van der Waals surface area contributed by atoms with E-state index >= 15 is 0 Å². The van der Waals surface area contributed by atoms with Crippen LogP contribution in [-0.2, 0) is 0 Å². The zero-order valence-corrected chi connectivity index (χ0v) is 13.2. The van der Waals surface area contributed by atoms with Crippen LogP contribution in [0.2, 0.25) is 7.25 Å². The van der Waals surface area contributed by atoms with Gasteiger partial charge in [-0.3, -0.25) is 0 Å². The maximum Gasteiger partial charge on any atom is 0.374 e. The molecule has 0 fully saturated rings. The monoisotopic (exact) mass is 422 g/mol. The second-order valence-electron chi connectivity index (χ2n) is 3.42. The summed E-state index contributed by atoms with van der Waals surface area (Å²) in [6.45, 7) is 7.49. The smallest absolute Gasteiger partial charge is 0.374 e. The Kier molecular flexibility index (Phi) is 11.8. The molecule has 0 bridgehead atoms. The van der Waals surface area contributed by atoms with E-state index in [0.29, 0.717) is 0 Å². The van der Waals surface area contributed by atoms with Crippen molar-refractivity contribution in [1.82, 2.24) is 0 Å². The van der Waals surface area contributed by atoms with Gasteiger partial charge in [-0.1, -0.05) is 0 Å². The zero-order valence-electron chi connectivity index (χ0n) is 9.77. The SMILES string of the molecule is CC[CH](C)[Bi+][CH](C)CC.[O-]CC(F)(F)F. The average Bonchev–Trinajstić information content (AvgIpc) is 2.17. The molecule has 0 heterocycles. The minimum Gasteiger partial charge on any atom is -0.848 e. The first kappa shape index (κ1) is 18.0. The summed E-state index contributed by atoms with van der Waals surface area (Å²) in [7, 11) is 0. The number of halogens is 3. The molecule has 92 valence electrons. The summed E-state index contributed by atoms with van der Waals surface area (Å²) in [6.07, 6.45) is -1.68. The van der Waals surface area contributed by atoms with Gasteiger partial charge in [0.05, 0.1) is 0 Å². The van der Waals surface area contributed by atoms with Crippen LogP contribution in [0.15, 0.2) is 0 Å². The van der Waals surface area contributed by atoms with Crippen LogP contribution in [0.4, 0.5) is 13.2 Å². The van der Waals surface area contributed by atoms with Gasteiger partial charge >= 0.3 is 77.2 Å². The molecule has 0 saturated heterocycles. The summed E-state index contributed by atoms with van der Waals surface area (Å²) in [4.78, 5) is 0. The van der Waals surface area contributed by atoms with Crippen LogP contribution in [0.5, 0.6) is 0 Å². The van der Waals surface area contributed by atoms with Crippen molar-refractivity contribution >= 4 is 23.2 Å². The second kappa shape index (κ2) is 9.83. The first-order valence-electron chi connectivity index (χ1n) is 5.11. The van der Waals surface area contributed by atoms with Gasteiger partial charge in [-0.05, 0) is 6.61 Å². The molecule has 2 atom stereocenters. The molecule has 15 heavy (non-hydrogen) atoms. The van der Waals surface area contributed by atoms with Gasteiger partial charge in [0, 0.05) is 0 Å². The topological polar surface area (TPSA) is 23.1 Å². The molecule has 0 aromatic rings. The fourth-order valence-corrected chi connectivity index (χ4v) is 5.66. The molecular formula is C10H20BiF3O. The van der Waals surface area contributed by atoms with Gasteiger partial charge in [-0.15, -0.1) is 0 Å². The Bertz CT molecular complexity index is 131. The van der Waals surface area contributed by atoms with Crippen molar-refractivity contribution in [3.05, 3.63) is 0 Å². The Labute approximate surface area is 102 Å². The predicted molar refractivity (Wildman–Crippen MR) is 56.1 cm³/mol. The van der Waals surface area contributed by atoms with Crippen LogP contribution in [-0.4, -0.2) is 36.0 Å². The molecule has 2 unspecified atom stereocenters. The standard InChI is InChI=1S/2C4H9.C2H2F3O.Bi/c2*1-3-4-2;3-2(4,5)1-6;/h2*3H,4H2,1-2H3;1H2;/q;;-1;+1. The van der Waals surface area contributed by atoms with E-state index in [1.807, 2.05) is 0 Å². The summed E-state index contributed by atoms with van der Waals surface area (Å²) < 4.78 is 33.6. The molecule has 0 spiro atoms. The van der Waals surface area contributed by atoms with Gasteiger partial charge in [0.1, 0.15) is 0 Å². The maximum atomic E-state index is 10.5. The van der Waals surface area contributed by atoms with Crippen LogP contribution in [0.1, 0.15) is 40.5 Å². The molecule has 0 N–H and O–H groups in total. The van der Waals surface area contributed by atoms with Gasteiger partial charge in [0.15, 0.2) is 0 Å². The van der Waals surface area contributed by atoms with Crippen LogP contribution >= 0.6 is 0 Å². The minimum absolute atomic E-state index is 0.0849. The number of alkyl halides is 3. The Morgan fingerprint density at radius 3 is 1.47 bits per heavy atom. The molecule has 0 saturated carbocycles. The van der Waals surface area contributed by atoms with Crippen molar-refractivity contribution in [2.24, 2.45) is 0 Å². The molecule has 0 aliphatic rings. The molecule has 0 aromatic carbocycles. The number of hydrogen-bond acceptors (Lipinski definition) is 1. The van der Waals surface area contributed by atoms with E-state index in [0.717, 1.165) is 7.25 Å². The molecule has 0 rings (SSSR count). The molecular weight excluding hydrogens is 402 g/mol. The van der Waals surface area contributed by atoms with E-state index < -0.39 is 12.8 Å². The summed E-state index contributed by atoms with van der Waals surface area (Å²) >= 11 is -0.0849. The Morgan fingerprint density at radius 1 is 1.07 bits per heavy atom. The fourth-order valence-electron chi connectivity index (χ4n) is 0.645. The molecule has 0 aliphatic carbocycles. The van der Waals surface area contributed by atoms with E-state index in [2.05, 4.69) is 27.7 Å². The van der Waals surface area contributed by atoms with Crippen molar-refractivity contribution < 1.29 is 18.3 Å². The van der Waals surface area contributed by atoms with E-state index in [1.54, 1.807) is 0 Å². The Balaban J connectivity index is 0. The Hall–Kier alpha value is 0.633. The Morgan fingerprint density at radius 2 is 1.33 bits per heavy atom. The van der Waals surface area contributed by atoms with E-state index in [1.165, 1.54) is 12.8 Å². The van der Waals surface area contributed by atoms with Crippen molar-refractivity contribution in [2.45, 2.75) is 54.0 Å². The van der Waals surface area contributed by atoms with E-state index in [9.17, 15) is 13.2 Å². The van der Waals surface area contributed by atoms with Crippen molar-refractivity contribution in [3.63, 3.8) is 0 Å². The van der Waals surface area contributed by atoms with Gasteiger partial charge in [-0.25, -0.2) is 0 Å². The number of hydrogen-bond donors (Lipinski definition) is 0. The first-order chi connectivity index (χ1) is 6.76. The first-order valence-corrected chi connectivity index (χ1v) is 9.13. The molecule has 0 aromatic heterocycles. The molecule has 0 amide bonds. The largest absolute Gasteiger partial charge is 0.848 e. The van der Waals surface area contributed by atoms with E-state index in [4.69, 9.17) is 5.11 Å². The van der Waals surface area contributed by atoms with Crippen molar-refractivity contribution in [2.75, 3.05) is 6.61 Å². The summed E-state index contributed by atoms with van der Waals surface area (Å²) in [5.41, 5.74) is 0. The molecule has 2 radical (unpaired) electrons. The summed E-state index contributed by atoms with van der Waals surface area (Å²) in [5.74, 6) is 0. The third-order valence-electron chi connectivity index (χ3n) is 1.85. The van der Waals surface area contributed by atoms with Crippen LogP contribution < -0.4 is 5.11 Å². The molecule has 1 nitrogen and oxygen atoms in total. The fraction of sp³-hybridized carbons (Fsp3) is 1.00. The summed E-state index contributed by atoms with van der Waals surface area (Å²) in [6, 6.07) is 0. The predicted octanol–water partition coefficient (Wildman–Crippen LogP) is 3.04. The number of rotatable bonds is 4. The van der Waals surface area contributed by atoms with Crippen LogP contribution in [0, 0.1) is 0 Å². The van der Waals surface area contributed by atoms with Gasteiger partial charge in [0.2, 0.25) is 0 Å². The van der Waals surface area contributed by atoms with Gasteiger partial charge in [-0.2, -0.15) is 13.2 Å². The normalized spacial score (nSPS) is 15.2. The molecule has 5 heteroatoms. The minimum atomic E-state index is -4.51. The van der Waals surface area contributed by atoms with E-state index in [-0.39, 0.29) is 23.2 Å². The third kappa shape index (κ3) is 17.3. The molecule has 0 aliphatic heterocycles. The average molecular weight is 422 g/mol. The second-order valence-corrected chi connectivity index (χ2v) is 11.4. The van der Waals surface area contributed by atoms with Crippen LogP contribution in [0.25, 0.3) is 0 Å². The van der Waals surface area contributed by atoms with Crippen molar-refractivity contribution in [3.8, 4) is 0 Å². The zero-order chi connectivity index (χ0) is 12.5.